The minimum absolute atomic E-state index is 0.219. The van der Waals surface area contributed by atoms with Gasteiger partial charge in [-0.05, 0) is 116 Å². The van der Waals surface area contributed by atoms with Crippen LogP contribution in [0.1, 0.15) is 59.2 Å². The molecular formula is C42H55N5O8. The van der Waals surface area contributed by atoms with Gasteiger partial charge in [0.2, 0.25) is 23.6 Å². The van der Waals surface area contributed by atoms with E-state index in [1.54, 1.807) is 60.7 Å². The molecule has 0 saturated heterocycles. The van der Waals surface area contributed by atoms with Crippen LogP contribution in [0.25, 0.3) is 0 Å². The quantitative estimate of drug-likeness (QED) is 0.132. The van der Waals surface area contributed by atoms with Crippen LogP contribution in [0.2, 0.25) is 0 Å². The Morgan fingerprint density at radius 2 is 0.927 bits per heavy atom. The number of hydrogen-bond donors (Lipinski definition) is 3. The second-order valence-corrected chi connectivity index (χ2v) is 16.3. The molecular weight excluding hydrogens is 702 g/mol. The minimum atomic E-state index is -0.922. The number of esters is 2. The van der Waals surface area contributed by atoms with Gasteiger partial charge < -0.3 is 29.9 Å². The van der Waals surface area contributed by atoms with Gasteiger partial charge in [0.25, 0.3) is 0 Å². The van der Waals surface area contributed by atoms with Crippen molar-refractivity contribution in [1.82, 2.24) is 25.8 Å². The Balaban J connectivity index is 1.20. The lowest BCUT2D eigenvalue weighted by atomic mass is 9.75. The fourth-order valence-electron chi connectivity index (χ4n) is 9.64. The molecule has 13 heteroatoms. The Bertz CT molecular complexity index is 1580. The maximum Gasteiger partial charge on any atom is 0.338 e. The van der Waals surface area contributed by atoms with Crippen molar-refractivity contribution in [2.45, 2.75) is 50.7 Å². The van der Waals surface area contributed by atoms with Gasteiger partial charge in [-0.2, -0.15) is 0 Å². The van der Waals surface area contributed by atoms with Crippen molar-refractivity contribution < 1.29 is 38.2 Å². The fraction of sp³-hybridized carbons (Fsp3) is 0.571. The predicted molar refractivity (Wildman–Crippen MR) is 203 cm³/mol. The molecule has 10 unspecified atom stereocenters. The highest BCUT2D eigenvalue weighted by molar-refractivity contribution is 6.02. The number of benzene rings is 2. The molecule has 2 aromatic rings. The summed E-state index contributed by atoms with van der Waals surface area (Å²) in [7, 11) is 7.82. The number of carbonyl (C=O) groups excluding carboxylic acids is 6. The number of rotatable bonds is 16. The third kappa shape index (κ3) is 9.27. The van der Waals surface area contributed by atoms with Gasteiger partial charge in [0.05, 0.1) is 34.8 Å². The molecule has 3 N–H and O–H groups in total. The third-order valence-corrected chi connectivity index (χ3v) is 12.0. The Morgan fingerprint density at radius 3 is 1.29 bits per heavy atom. The van der Waals surface area contributed by atoms with Gasteiger partial charge in [-0.25, -0.2) is 9.59 Å². The summed E-state index contributed by atoms with van der Waals surface area (Å²) >= 11 is 0. The van der Waals surface area contributed by atoms with Crippen molar-refractivity contribution in [3.05, 3.63) is 71.8 Å². The minimum Gasteiger partial charge on any atom is -0.458 e. The van der Waals surface area contributed by atoms with E-state index in [9.17, 15) is 28.8 Å². The summed E-state index contributed by atoms with van der Waals surface area (Å²) in [6, 6.07) is 17.2. The summed E-state index contributed by atoms with van der Waals surface area (Å²) in [5.74, 6) is -7.39. The molecule has 0 radical (unpaired) electrons. The first kappa shape index (κ1) is 40.1. The lowest BCUT2D eigenvalue weighted by Crippen LogP contribution is -2.53. The molecule has 2 aromatic carbocycles. The molecule has 13 nitrogen and oxygen atoms in total. The van der Waals surface area contributed by atoms with Crippen LogP contribution in [0.5, 0.6) is 0 Å². The topological polar surface area (TPSA) is 163 Å². The van der Waals surface area contributed by atoms with Gasteiger partial charge >= 0.3 is 11.9 Å². The number of carbonyl (C=O) groups is 6. The largest absolute Gasteiger partial charge is 0.458 e. The van der Waals surface area contributed by atoms with Gasteiger partial charge in [0.15, 0.2) is 0 Å². The second-order valence-electron chi connectivity index (χ2n) is 16.3. The maximum atomic E-state index is 14.4. The zero-order valence-electron chi connectivity index (χ0n) is 32.3. The van der Waals surface area contributed by atoms with Crippen molar-refractivity contribution in [2.75, 3.05) is 54.4 Å². The van der Waals surface area contributed by atoms with Gasteiger partial charge in [0, 0.05) is 24.9 Å². The van der Waals surface area contributed by atoms with E-state index in [0.29, 0.717) is 49.9 Å². The number of imide groups is 1. The maximum absolute atomic E-state index is 14.4. The summed E-state index contributed by atoms with van der Waals surface area (Å²) in [5, 5.41) is 8.67. The molecule has 0 aromatic heterocycles. The number of ether oxygens (including phenoxy) is 2. The van der Waals surface area contributed by atoms with Crippen LogP contribution in [-0.2, 0) is 28.7 Å². The van der Waals surface area contributed by atoms with E-state index in [1.165, 1.54) is 0 Å². The number of nitrogens with one attached hydrogen (secondary N) is 3. The van der Waals surface area contributed by atoms with Crippen LogP contribution in [0.3, 0.4) is 0 Å². The lowest BCUT2D eigenvalue weighted by Gasteiger charge is -2.36. The molecule has 296 valence electrons. The number of hydrogen-bond acceptors (Lipinski definition) is 10. The van der Waals surface area contributed by atoms with Crippen LogP contribution in [0.15, 0.2) is 60.7 Å². The number of fused-ring (bicyclic) bond motifs is 4. The van der Waals surface area contributed by atoms with Crippen molar-refractivity contribution in [3.8, 4) is 0 Å². The smallest absolute Gasteiger partial charge is 0.338 e. The van der Waals surface area contributed by atoms with E-state index >= 15 is 0 Å². The SMILES string of the molecule is CN(C)CCCNC(=O)C1C2CC(OC(=O)c3ccccc3)C(C2)C1C(=O)NC(=O)C1C2CC(CC2OC(=O)c2ccccc2)C1C(=O)NCCCN(C)C. The van der Waals surface area contributed by atoms with E-state index in [2.05, 4.69) is 16.0 Å². The van der Waals surface area contributed by atoms with E-state index in [0.717, 1.165) is 25.9 Å². The van der Waals surface area contributed by atoms with Gasteiger partial charge in [-0.1, -0.05) is 36.4 Å². The molecule has 4 amide bonds. The van der Waals surface area contributed by atoms with E-state index in [-0.39, 0.29) is 23.7 Å². The van der Waals surface area contributed by atoms with Crippen LogP contribution in [-0.4, -0.2) is 112 Å². The molecule has 0 aliphatic heterocycles. The normalized spacial score (nSPS) is 28.9. The zero-order valence-corrected chi connectivity index (χ0v) is 32.3. The molecule has 4 aliphatic carbocycles. The Morgan fingerprint density at radius 1 is 0.545 bits per heavy atom. The molecule has 0 spiro atoms. The van der Waals surface area contributed by atoms with E-state index < -0.39 is 71.5 Å². The first-order valence-corrected chi connectivity index (χ1v) is 19.6. The highest BCUT2D eigenvalue weighted by Gasteiger charge is 2.62. The summed E-state index contributed by atoms with van der Waals surface area (Å²) in [6.45, 7) is 2.43. The second kappa shape index (κ2) is 17.9. The lowest BCUT2D eigenvalue weighted by molar-refractivity contribution is -0.147. The summed E-state index contributed by atoms with van der Waals surface area (Å²) in [6.07, 6.45) is 2.12. The zero-order chi connectivity index (χ0) is 39.2. The first-order valence-electron chi connectivity index (χ1n) is 19.6. The molecule has 6 rings (SSSR count). The Kier molecular flexibility index (Phi) is 13.0. The Hall–Kier alpha value is -4.62. The third-order valence-electron chi connectivity index (χ3n) is 12.0. The Labute approximate surface area is 323 Å². The molecule has 4 saturated carbocycles. The molecule has 4 aliphatic rings. The predicted octanol–water partition coefficient (Wildman–Crippen LogP) is 2.76. The highest BCUT2D eigenvalue weighted by atomic mass is 16.5. The average Bonchev–Trinajstić information content (AvgIpc) is 3.95. The van der Waals surface area contributed by atoms with Gasteiger partial charge in [0.1, 0.15) is 12.2 Å². The molecule has 4 fully saturated rings. The van der Waals surface area contributed by atoms with Crippen LogP contribution in [0.4, 0.5) is 0 Å². The average molecular weight is 758 g/mol. The van der Waals surface area contributed by atoms with Crippen LogP contribution in [0, 0.1) is 47.3 Å². The van der Waals surface area contributed by atoms with Crippen molar-refractivity contribution in [1.29, 1.82) is 0 Å². The van der Waals surface area contributed by atoms with E-state index in [4.69, 9.17) is 9.47 Å². The molecule has 0 heterocycles. The van der Waals surface area contributed by atoms with Crippen molar-refractivity contribution in [2.24, 2.45) is 47.3 Å². The monoisotopic (exact) mass is 757 g/mol. The number of nitrogens with zero attached hydrogens (tertiary/aromatic N) is 2. The van der Waals surface area contributed by atoms with Crippen LogP contribution < -0.4 is 16.0 Å². The van der Waals surface area contributed by atoms with E-state index in [1.807, 2.05) is 38.0 Å². The molecule has 55 heavy (non-hydrogen) atoms. The summed E-state index contributed by atoms with van der Waals surface area (Å²) in [5.41, 5.74) is 0.781. The molecule has 4 bridgehead atoms. The van der Waals surface area contributed by atoms with Gasteiger partial charge in [-0.3, -0.25) is 24.5 Å². The number of amides is 4. The first-order chi connectivity index (χ1) is 26.4. The highest BCUT2D eigenvalue weighted by Crippen LogP contribution is 2.55. The fourth-order valence-corrected chi connectivity index (χ4v) is 9.64. The van der Waals surface area contributed by atoms with Crippen molar-refractivity contribution in [3.63, 3.8) is 0 Å². The molecule has 10 atom stereocenters. The van der Waals surface area contributed by atoms with Crippen molar-refractivity contribution >= 4 is 35.6 Å². The summed E-state index contributed by atoms with van der Waals surface area (Å²) in [4.78, 5) is 86.6. The van der Waals surface area contributed by atoms with Gasteiger partial charge in [-0.15, -0.1) is 0 Å². The standard InChI is InChI=1S/C42H55N5O8/c1-46(2)19-11-17-43-37(48)33-27-21-29(31(23-27)54-41(52)25-13-7-5-8-14-25)35(33)39(50)45-40(51)36-30-22-28(34(36)38(49)44-18-12-20-47(3)4)24-32(30)55-42(53)26-15-9-6-10-16-26/h5-10,13-16,27-36H,11-12,17-24H2,1-4H3,(H,43,48)(H,44,49)(H,45,50,51). The summed E-state index contributed by atoms with van der Waals surface area (Å²) < 4.78 is 11.9. The van der Waals surface area contributed by atoms with Crippen LogP contribution >= 0.6 is 0 Å².